The van der Waals surface area contributed by atoms with Gasteiger partial charge in [0.15, 0.2) is 0 Å². The Morgan fingerprint density at radius 3 is 2.86 bits per heavy atom. The summed E-state index contributed by atoms with van der Waals surface area (Å²) in [6.07, 6.45) is 8.76. The van der Waals surface area contributed by atoms with Crippen LogP contribution in [0.1, 0.15) is 65.7 Å². The Hall–Kier alpha value is -0.310. The lowest BCUT2D eigenvalue weighted by molar-refractivity contribution is -0.144. The lowest BCUT2D eigenvalue weighted by Gasteiger charge is -2.44. The molecule has 3 aliphatic rings. The normalized spacial score (nSPS) is 44.9. The van der Waals surface area contributed by atoms with Crippen LogP contribution in [0, 0.1) is 29.1 Å². The molecule has 1 saturated heterocycles. The van der Waals surface area contributed by atoms with Crippen molar-refractivity contribution in [2.45, 2.75) is 71.8 Å². The highest BCUT2D eigenvalue weighted by Gasteiger charge is 2.51. The Labute approximate surface area is 143 Å². The lowest BCUT2D eigenvalue weighted by atomic mass is 9.61. The van der Waals surface area contributed by atoms with Crippen molar-refractivity contribution in [3.05, 3.63) is 10.6 Å². The number of rotatable bonds is 3. The van der Waals surface area contributed by atoms with Crippen molar-refractivity contribution in [3.63, 3.8) is 0 Å². The summed E-state index contributed by atoms with van der Waals surface area (Å²) in [6, 6.07) is 0. The molecular formula is C19H29BrO2. The van der Waals surface area contributed by atoms with Crippen LogP contribution in [-0.4, -0.2) is 12.1 Å². The quantitative estimate of drug-likeness (QED) is 0.618. The summed E-state index contributed by atoms with van der Waals surface area (Å²) >= 11 is 3.59. The van der Waals surface area contributed by atoms with Crippen LogP contribution in [0.15, 0.2) is 10.6 Å². The largest absolute Gasteiger partial charge is 0.462 e. The summed E-state index contributed by atoms with van der Waals surface area (Å²) in [5.74, 6) is 2.29. The molecule has 124 valence electrons. The van der Waals surface area contributed by atoms with Crippen LogP contribution >= 0.6 is 15.9 Å². The van der Waals surface area contributed by atoms with Gasteiger partial charge in [-0.15, -0.1) is 0 Å². The second-order valence-corrected chi connectivity index (χ2v) is 8.65. The summed E-state index contributed by atoms with van der Waals surface area (Å²) in [4.78, 5) is 13.8. The van der Waals surface area contributed by atoms with E-state index in [1.165, 1.54) is 32.1 Å². The number of allylic oxidation sites excluding steroid dienone is 1. The minimum Gasteiger partial charge on any atom is -0.462 e. The second kappa shape index (κ2) is 6.30. The average molecular weight is 369 g/mol. The number of hydrogen-bond donors (Lipinski definition) is 0. The van der Waals surface area contributed by atoms with Gasteiger partial charge >= 0.3 is 5.97 Å². The van der Waals surface area contributed by atoms with Crippen LogP contribution in [0.2, 0.25) is 0 Å². The van der Waals surface area contributed by atoms with Gasteiger partial charge in [-0.1, -0.05) is 42.3 Å². The zero-order chi connectivity index (χ0) is 15.9. The fourth-order valence-electron chi connectivity index (χ4n) is 5.69. The van der Waals surface area contributed by atoms with E-state index in [9.17, 15) is 4.79 Å². The summed E-state index contributed by atoms with van der Waals surface area (Å²) in [5.41, 5.74) is 2.08. The van der Waals surface area contributed by atoms with Crippen LogP contribution in [0.5, 0.6) is 0 Å². The van der Waals surface area contributed by atoms with Crippen LogP contribution in [0.3, 0.4) is 0 Å². The molecule has 3 fully saturated rings. The van der Waals surface area contributed by atoms with E-state index < -0.39 is 0 Å². The third-order valence-electron chi connectivity index (χ3n) is 6.80. The molecular weight excluding hydrogens is 340 g/mol. The van der Waals surface area contributed by atoms with E-state index in [1.807, 2.05) is 6.92 Å². The van der Waals surface area contributed by atoms with Crippen LogP contribution in [0.4, 0.5) is 0 Å². The number of carbonyl (C=O) groups is 1. The average Bonchev–Trinajstić information content (AvgIpc) is 2.98. The monoisotopic (exact) mass is 368 g/mol. The first-order chi connectivity index (χ1) is 10.5. The molecule has 0 aromatic heterocycles. The molecule has 0 amide bonds. The highest BCUT2D eigenvalue weighted by atomic mass is 79.9. The van der Waals surface area contributed by atoms with Crippen LogP contribution in [0.25, 0.3) is 0 Å². The Kier molecular flexibility index (Phi) is 4.74. The molecule has 2 saturated carbocycles. The smallest absolute Gasteiger partial charge is 0.309 e. The minimum atomic E-state index is 0.00915. The van der Waals surface area contributed by atoms with Crippen molar-refractivity contribution >= 4 is 21.9 Å². The van der Waals surface area contributed by atoms with Crippen LogP contribution in [-0.2, 0) is 9.53 Å². The van der Waals surface area contributed by atoms with Gasteiger partial charge in [0.1, 0.15) is 6.10 Å². The molecule has 2 aliphatic carbocycles. The number of cyclic esters (lactones) is 1. The number of esters is 1. The first kappa shape index (κ1) is 16.5. The molecule has 0 radical (unpaired) electrons. The molecule has 0 spiro atoms. The molecule has 0 bridgehead atoms. The SMILES string of the molecule is C[C@H](C[C@@H]1C[C@H](C)C(=O)O1)[C@H]1CCC2/C(=C/Br)CCC[C@@]21C. The first-order valence-electron chi connectivity index (χ1n) is 8.95. The van der Waals surface area contributed by atoms with Crippen molar-refractivity contribution in [1.82, 2.24) is 0 Å². The zero-order valence-electron chi connectivity index (χ0n) is 14.1. The molecule has 3 heteroatoms. The third-order valence-corrected chi connectivity index (χ3v) is 7.39. The predicted octanol–water partition coefficient (Wildman–Crippen LogP) is 5.46. The summed E-state index contributed by atoms with van der Waals surface area (Å²) in [6.45, 7) is 6.90. The van der Waals surface area contributed by atoms with Gasteiger partial charge in [0.25, 0.3) is 0 Å². The topological polar surface area (TPSA) is 26.3 Å². The molecule has 0 aromatic rings. The van der Waals surface area contributed by atoms with E-state index >= 15 is 0 Å². The number of hydrogen-bond acceptors (Lipinski definition) is 2. The van der Waals surface area contributed by atoms with Gasteiger partial charge < -0.3 is 4.74 Å². The maximum Gasteiger partial charge on any atom is 0.309 e. The maximum absolute atomic E-state index is 11.6. The van der Waals surface area contributed by atoms with Crippen molar-refractivity contribution in [2.24, 2.45) is 29.1 Å². The number of ether oxygens (including phenoxy) is 1. The summed E-state index contributed by atoms with van der Waals surface area (Å²) in [7, 11) is 0. The summed E-state index contributed by atoms with van der Waals surface area (Å²) in [5, 5.41) is 0. The third kappa shape index (κ3) is 2.79. The highest BCUT2D eigenvalue weighted by Crippen LogP contribution is 2.60. The van der Waals surface area contributed by atoms with E-state index in [1.54, 1.807) is 5.57 Å². The fraction of sp³-hybridized carbons (Fsp3) is 0.842. The Morgan fingerprint density at radius 1 is 1.45 bits per heavy atom. The Morgan fingerprint density at radius 2 is 2.23 bits per heavy atom. The standard InChI is InChI=1S/C19H29BrO2/c1-12(9-15-10-13(2)18(21)22-15)16-6-7-17-14(11-20)5-4-8-19(16,17)3/h11-13,15-17H,4-10H2,1-3H3/b14-11+/t12-,13+,15-,16-,17?,19-/m1/s1. The van der Waals surface area contributed by atoms with E-state index in [4.69, 9.17) is 4.74 Å². The molecule has 2 nitrogen and oxygen atoms in total. The van der Waals surface area contributed by atoms with E-state index in [0.29, 0.717) is 11.3 Å². The van der Waals surface area contributed by atoms with Gasteiger partial charge in [-0.25, -0.2) is 0 Å². The molecule has 22 heavy (non-hydrogen) atoms. The highest BCUT2D eigenvalue weighted by molar-refractivity contribution is 9.11. The molecule has 3 rings (SSSR count). The predicted molar refractivity (Wildman–Crippen MR) is 92.6 cm³/mol. The number of fused-ring (bicyclic) bond motifs is 1. The number of halogens is 1. The maximum atomic E-state index is 11.6. The lowest BCUT2D eigenvalue weighted by Crippen LogP contribution is -2.36. The van der Waals surface area contributed by atoms with Gasteiger partial charge in [0, 0.05) is 0 Å². The van der Waals surface area contributed by atoms with Gasteiger partial charge in [0.2, 0.25) is 0 Å². The molecule has 1 heterocycles. The van der Waals surface area contributed by atoms with E-state index in [2.05, 4.69) is 34.8 Å². The molecule has 1 unspecified atom stereocenters. The van der Waals surface area contributed by atoms with E-state index in [-0.39, 0.29) is 18.0 Å². The van der Waals surface area contributed by atoms with Gasteiger partial charge in [-0.05, 0) is 73.1 Å². The van der Waals surface area contributed by atoms with Crippen LogP contribution < -0.4 is 0 Å². The van der Waals surface area contributed by atoms with Gasteiger partial charge in [-0.2, -0.15) is 0 Å². The molecule has 0 aromatic carbocycles. The van der Waals surface area contributed by atoms with Crippen molar-refractivity contribution < 1.29 is 9.53 Å². The van der Waals surface area contributed by atoms with Crippen molar-refractivity contribution in [1.29, 1.82) is 0 Å². The fourth-order valence-corrected chi connectivity index (χ4v) is 6.24. The van der Waals surface area contributed by atoms with Crippen molar-refractivity contribution in [3.8, 4) is 0 Å². The molecule has 0 N–H and O–H groups in total. The van der Waals surface area contributed by atoms with Crippen molar-refractivity contribution in [2.75, 3.05) is 0 Å². The first-order valence-corrected chi connectivity index (χ1v) is 9.87. The Balaban J connectivity index is 1.68. The van der Waals surface area contributed by atoms with Gasteiger partial charge in [0.05, 0.1) is 5.92 Å². The summed E-state index contributed by atoms with van der Waals surface area (Å²) < 4.78 is 5.56. The zero-order valence-corrected chi connectivity index (χ0v) is 15.7. The molecule has 6 atom stereocenters. The second-order valence-electron chi connectivity index (χ2n) is 8.19. The van der Waals surface area contributed by atoms with Gasteiger partial charge in [-0.3, -0.25) is 4.79 Å². The Bertz CT molecular complexity index is 472. The molecule has 1 aliphatic heterocycles. The minimum absolute atomic E-state index is 0.00915. The number of carbonyl (C=O) groups excluding carboxylic acids is 1. The van der Waals surface area contributed by atoms with E-state index in [0.717, 1.165) is 24.7 Å².